The molecule has 1 amide bonds. The van der Waals surface area contributed by atoms with E-state index in [1.807, 2.05) is 0 Å². The van der Waals surface area contributed by atoms with Gasteiger partial charge in [-0.05, 0) is 12.3 Å². The lowest BCUT2D eigenvalue weighted by molar-refractivity contribution is 0.0903. The Hall–Kier alpha value is -1.89. The number of carbonyl (C=O) groups excluding carboxylic acids is 1. The zero-order chi connectivity index (χ0) is 15.4. The van der Waals surface area contributed by atoms with Crippen molar-refractivity contribution in [3.8, 4) is 0 Å². The van der Waals surface area contributed by atoms with Gasteiger partial charge >= 0.3 is 5.69 Å². The number of H-pyrrole nitrogens is 1. The molecule has 116 valence electrons. The van der Waals surface area contributed by atoms with Crippen molar-refractivity contribution in [2.24, 2.45) is 13.0 Å². The van der Waals surface area contributed by atoms with Crippen molar-refractivity contribution in [2.75, 3.05) is 6.61 Å². The van der Waals surface area contributed by atoms with Crippen molar-refractivity contribution in [1.82, 2.24) is 14.9 Å². The van der Waals surface area contributed by atoms with Crippen molar-refractivity contribution in [3.05, 3.63) is 32.6 Å². The van der Waals surface area contributed by atoms with Crippen LogP contribution in [0.1, 0.15) is 42.5 Å². The standard InChI is InChI=1S/C14H21N3O4/c1-17-7-11(13(20)16-14(17)21)12(19)15-10(8-18)6-9-4-2-3-5-9/h7,9-10,18H,2-6,8H2,1H3,(H,15,19)(H,16,20,21)/t10-/m0/s1. The van der Waals surface area contributed by atoms with Crippen LogP contribution in [0.3, 0.4) is 0 Å². The van der Waals surface area contributed by atoms with Crippen LogP contribution in [0.4, 0.5) is 0 Å². The molecule has 1 aliphatic rings. The molecule has 0 spiro atoms. The number of hydrogen-bond acceptors (Lipinski definition) is 4. The third-order valence-electron chi connectivity index (χ3n) is 4.00. The van der Waals surface area contributed by atoms with Gasteiger partial charge in [0.25, 0.3) is 11.5 Å². The number of nitrogens with one attached hydrogen (secondary N) is 2. The summed E-state index contributed by atoms with van der Waals surface area (Å²) in [6, 6.07) is -0.364. The van der Waals surface area contributed by atoms with Crippen molar-refractivity contribution in [2.45, 2.75) is 38.1 Å². The number of hydrogen-bond donors (Lipinski definition) is 3. The molecule has 1 fully saturated rings. The lowest BCUT2D eigenvalue weighted by atomic mass is 9.98. The monoisotopic (exact) mass is 295 g/mol. The van der Waals surface area contributed by atoms with Gasteiger partial charge in [0.2, 0.25) is 0 Å². The van der Waals surface area contributed by atoms with Gasteiger partial charge in [-0.25, -0.2) is 4.79 Å². The maximum atomic E-state index is 12.1. The summed E-state index contributed by atoms with van der Waals surface area (Å²) < 4.78 is 1.14. The normalized spacial score (nSPS) is 16.9. The lowest BCUT2D eigenvalue weighted by Gasteiger charge is -2.19. The van der Waals surface area contributed by atoms with Gasteiger partial charge in [0.05, 0.1) is 12.6 Å². The summed E-state index contributed by atoms with van der Waals surface area (Å²) in [5.41, 5.74) is -1.41. The average molecular weight is 295 g/mol. The zero-order valence-electron chi connectivity index (χ0n) is 12.1. The minimum Gasteiger partial charge on any atom is -0.394 e. The Bertz CT molecular complexity index is 613. The summed E-state index contributed by atoms with van der Waals surface area (Å²) >= 11 is 0. The molecule has 1 aromatic heterocycles. The van der Waals surface area contributed by atoms with Crippen molar-refractivity contribution in [3.63, 3.8) is 0 Å². The second-order valence-corrected chi connectivity index (χ2v) is 5.65. The van der Waals surface area contributed by atoms with Gasteiger partial charge in [0.1, 0.15) is 5.56 Å². The molecule has 2 rings (SSSR count). The number of aromatic nitrogens is 2. The molecule has 7 nitrogen and oxygen atoms in total. The molecular formula is C14H21N3O4. The number of rotatable bonds is 5. The van der Waals surface area contributed by atoms with Gasteiger partial charge < -0.3 is 15.0 Å². The molecule has 0 aliphatic heterocycles. The predicted octanol–water partition coefficient (Wildman–Crippen LogP) is -0.255. The van der Waals surface area contributed by atoms with Crippen LogP contribution in [0.5, 0.6) is 0 Å². The molecule has 1 atom stereocenters. The van der Waals surface area contributed by atoms with Crippen LogP contribution in [0, 0.1) is 5.92 Å². The fraction of sp³-hybridized carbons (Fsp3) is 0.643. The minimum absolute atomic E-state index is 0.123. The Balaban J connectivity index is 2.06. The molecule has 0 radical (unpaired) electrons. The van der Waals surface area contributed by atoms with Crippen LogP contribution in [-0.2, 0) is 7.05 Å². The van der Waals surface area contributed by atoms with Crippen LogP contribution in [-0.4, -0.2) is 33.2 Å². The number of aliphatic hydroxyl groups is 1. The highest BCUT2D eigenvalue weighted by molar-refractivity contribution is 5.93. The first-order chi connectivity index (χ1) is 10.0. The fourth-order valence-corrected chi connectivity index (χ4v) is 2.82. The van der Waals surface area contributed by atoms with Gasteiger partial charge in [-0.15, -0.1) is 0 Å². The molecule has 1 saturated carbocycles. The third kappa shape index (κ3) is 3.81. The maximum Gasteiger partial charge on any atom is 0.328 e. The molecule has 0 aromatic carbocycles. The second kappa shape index (κ2) is 6.71. The van der Waals surface area contributed by atoms with E-state index in [4.69, 9.17) is 0 Å². The topological polar surface area (TPSA) is 104 Å². The first-order valence-corrected chi connectivity index (χ1v) is 7.23. The van der Waals surface area contributed by atoms with E-state index in [1.165, 1.54) is 26.1 Å². The number of amides is 1. The highest BCUT2D eigenvalue weighted by Crippen LogP contribution is 2.28. The van der Waals surface area contributed by atoms with Gasteiger partial charge in [-0.3, -0.25) is 14.6 Å². The smallest absolute Gasteiger partial charge is 0.328 e. The molecule has 1 aliphatic carbocycles. The van der Waals surface area contributed by atoms with Crippen LogP contribution in [0.15, 0.2) is 15.8 Å². The third-order valence-corrected chi connectivity index (χ3v) is 4.00. The average Bonchev–Trinajstić information content (AvgIpc) is 2.94. The van der Waals surface area contributed by atoms with Gasteiger partial charge in [-0.2, -0.15) is 0 Å². The van der Waals surface area contributed by atoms with Crippen LogP contribution in [0.2, 0.25) is 0 Å². The minimum atomic E-state index is -0.715. The van der Waals surface area contributed by atoms with Crippen molar-refractivity contribution in [1.29, 1.82) is 0 Å². The highest BCUT2D eigenvalue weighted by Gasteiger charge is 2.22. The van der Waals surface area contributed by atoms with E-state index in [1.54, 1.807) is 0 Å². The Morgan fingerprint density at radius 1 is 1.48 bits per heavy atom. The quantitative estimate of drug-likeness (QED) is 0.696. The highest BCUT2D eigenvalue weighted by atomic mass is 16.3. The summed E-state index contributed by atoms with van der Waals surface area (Å²) in [4.78, 5) is 37.1. The van der Waals surface area contributed by atoms with E-state index in [0.29, 0.717) is 12.3 Å². The predicted molar refractivity (Wildman–Crippen MR) is 77.2 cm³/mol. The number of nitrogens with zero attached hydrogens (tertiary/aromatic N) is 1. The van der Waals surface area contributed by atoms with Crippen LogP contribution in [0.25, 0.3) is 0 Å². The van der Waals surface area contributed by atoms with E-state index < -0.39 is 17.2 Å². The lowest BCUT2D eigenvalue weighted by Crippen LogP contribution is -2.42. The summed E-state index contributed by atoms with van der Waals surface area (Å²) in [7, 11) is 1.46. The van der Waals surface area contributed by atoms with E-state index in [0.717, 1.165) is 17.4 Å². The van der Waals surface area contributed by atoms with Gasteiger partial charge in [-0.1, -0.05) is 25.7 Å². The largest absolute Gasteiger partial charge is 0.394 e. The first kappa shape index (κ1) is 15.5. The number of carbonyl (C=O) groups is 1. The van der Waals surface area contributed by atoms with Gasteiger partial charge in [0.15, 0.2) is 0 Å². The molecule has 0 bridgehead atoms. The summed E-state index contributed by atoms with van der Waals surface area (Å²) in [6.07, 6.45) is 6.54. The molecule has 0 saturated heterocycles. The SMILES string of the molecule is Cn1cc(C(=O)N[C@H](CO)CC2CCCC2)c(=O)[nH]c1=O. The fourth-order valence-electron chi connectivity index (χ4n) is 2.82. The number of aromatic amines is 1. The summed E-state index contributed by atoms with van der Waals surface area (Å²) in [5.74, 6) is -0.0511. The summed E-state index contributed by atoms with van der Waals surface area (Å²) in [6.45, 7) is -0.161. The molecule has 1 heterocycles. The Morgan fingerprint density at radius 3 is 2.76 bits per heavy atom. The first-order valence-electron chi connectivity index (χ1n) is 7.23. The molecule has 1 aromatic rings. The van der Waals surface area contributed by atoms with Crippen LogP contribution < -0.4 is 16.6 Å². The Morgan fingerprint density at radius 2 is 2.14 bits per heavy atom. The van der Waals surface area contributed by atoms with Gasteiger partial charge in [0, 0.05) is 13.2 Å². The number of aliphatic hydroxyl groups excluding tert-OH is 1. The maximum absolute atomic E-state index is 12.1. The van der Waals surface area contributed by atoms with E-state index >= 15 is 0 Å². The van der Waals surface area contributed by atoms with E-state index in [2.05, 4.69) is 10.3 Å². The van der Waals surface area contributed by atoms with Crippen molar-refractivity contribution >= 4 is 5.91 Å². The summed E-state index contributed by atoms with van der Waals surface area (Å²) in [5, 5.41) is 12.1. The molecule has 3 N–H and O–H groups in total. The van der Waals surface area contributed by atoms with E-state index in [9.17, 15) is 19.5 Å². The Kier molecular flexibility index (Phi) is 4.95. The molecular weight excluding hydrogens is 274 g/mol. The zero-order valence-corrected chi connectivity index (χ0v) is 12.1. The molecule has 7 heteroatoms. The second-order valence-electron chi connectivity index (χ2n) is 5.65. The van der Waals surface area contributed by atoms with Crippen molar-refractivity contribution < 1.29 is 9.90 Å². The Labute approximate surface area is 122 Å². The molecule has 21 heavy (non-hydrogen) atoms. The number of aryl methyl sites for hydroxylation is 1. The van der Waals surface area contributed by atoms with Crippen LogP contribution >= 0.6 is 0 Å². The van der Waals surface area contributed by atoms with E-state index in [-0.39, 0.29) is 18.2 Å². The molecule has 0 unspecified atom stereocenters.